The van der Waals surface area contributed by atoms with E-state index in [1.54, 1.807) is 0 Å². The zero-order valence-electron chi connectivity index (χ0n) is 18.9. The van der Waals surface area contributed by atoms with Crippen molar-refractivity contribution in [1.82, 2.24) is 9.62 Å². The maximum atomic E-state index is 11.9. The minimum atomic E-state index is -3.25. The minimum absolute atomic E-state index is 0.0984. The number of ether oxygens (including phenoxy) is 2. The van der Waals surface area contributed by atoms with Crippen molar-refractivity contribution in [2.75, 3.05) is 39.2 Å². The van der Waals surface area contributed by atoms with E-state index < -0.39 is 10.0 Å². The Bertz CT molecular complexity index is 791. The highest BCUT2D eigenvalue weighted by Gasteiger charge is 2.37. The molecule has 1 N–H and O–H groups in total. The fourth-order valence-corrected chi connectivity index (χ4v) is 6.19. The monoisotopic (exact) mass is 450 g/mol. The first-order valence-electron chi connectivity index (χ1n) is 11.8. The molecule has 2 aliphatic heterocycles. The van der Waals surface area contributed by atoms with Crippen molar-refractivity contribution in [3.05, 3.63) is 35.9 Å². The Morgan fingerprint density at radius 3 is 2.45 bits per heavy atom. The Hall–Kier alpha value is -0.990. The van der Waals surface area contributed by atoms with Crippen molar-refractivity contribution in [2.45, 2.75) is 63.1 Å². The predicted molar refractivity (Wildman–Crippen MR) is 123 cm³/mol. The van der Waals surface area contributed by atoms with Gasteiger partial charge in [-0.1, -0.05) is 30.3 Å². The summed E-state index contributed by atoms with van der Waals surface area (Å²) in [4.78, 5) is 2.46. The van der Waals surface area contributed by atoms with Gasteiger partial charge < -0.3 is 9.47 Å². The van der Waals surface area contributed by atoms with Crippen molar-refractivity contribution < 1.29 is 17.9 Å². The van der Waals surface area contributed by atoms with Crippen LogP contribution >= 0.6 is 0 Å². The number of hydrogen-bond donors (Lipinski definition) is 1. The van der Waals surface area contributed by atoms with Gasteiger partial charge in [0.1, 0.15) is 0 Å². The zero-order valence-corrected chi connectivity index (χ0v) is 19.7. The molecule has 0 amide bonds. The number of sulfonamides is 1. The normalized spacial score (nSPS) is 31.8. The molecule has 3 fully saturated rings. The molecule has 1 aromatic carbocycles. The third kappa shape index (κ3) is 6.29. The lowest BCUT2D eigenvalue weighted by atomic mass is 9.79. The van der Waals surface area contributed by atoms with Crippen molar-refractivity contribution in [3.63, 3.8) is 0 Å². The van der Waals surface area contributed by atoms with Crippen LogP contribution in [0.15, 0.2) is 30.3 Å². The predicted octanol–water partition coefficient (Wildman–Crippen LogP) is 3.00. The summed E-state index contributed by atoms with van der Waals surface area (Å²) in [6, 6.07) is 11.1. The molecule has 174 valence electrons. The van der Waals surface area contributed by atoms with Crippen LogP contribution in [-0.4, -0.2) is 70.7 Å². The SMILES string of the molecule is C[C@@H](C1COC1)N1CC[C@@H](NS(C)(=O)=O)[C@@H](OCC2CCC(c3ccccc3)CC2)C1. The number of rotatable bonds is 8. The summed E-state index contributed by atoms with van der Waals surface area (Å²) in [5, 5.41) is 0. The van der Waals surface area contributed by atoms with Gasteiger partial charge in [-0.05, 0) is 56.4 Å². The molecule has 0 radical (unpaired) electrons. The average Bonchev–Trinajstić information content (AvgIpc) is 2.72. The second kappa shape index (κ2) is 10.3. The largest absolute Gasteiger partial charge is 0.381 e. The first-order chi connectivity index (χ1) is 14.9. The molecule has 1 aliphatic carbocycles. The molecule has 3 aliphatic rings. The number of likely N-dealkylation sites (tertiary alicyclic amines) is 1. The average molecular weight is 451 g/mol. The third-order valence-corrected chi connectivity index (χ3v) is 8.27. The summed E-state index contributed by atoms with van der Waals surface area (Å²) in [5.74, 6) is 1.80. The number of benzene rings is 1. The van der Waals surface area contributed by atoms with Crippen LogP contribution in [0.1, 0.15) is 50.5 Å². The van der Waals surface area contributed by atoms with Gasteiger partial charge in [-0.2, -0.15) is 0 Å². The lowest BCUT2D eigenvalue weighted by molar-refractivity contribution is -0.0950. The van der Waals surface area contributed by atoms with Gasteiger partial charge in [0.25, 0.3) is 0 Å². The number of nitrogens with zero attached hydrogens (tertiary/aromatic N) is 1. The summed E-state index contributed by atoms with van der Waals surface area (Å²) in [6.45, 7) is 6.33. The van der Waals surface area contributed by atoms with Crippen LogP contribution in [0.4, 0.5) is 0 Å². The van der Waals surface area contributed by atoms with Crippen LogP contribution in [0.5, 0.6) is 0 Å². The molecular formula is C24H38N2O4S. The lowest BCUT2D eigenvalue weighted by Gasteiger charge is -2.45. The quantitative estimate of drug-likeness (QED) is 0.659. The summed E-state index contributed by atoms with van der Waals surface area (Å²) >= 11 is 0. The molecular weight excluding hydrogens is 412 g/mol. The van der Waals surface area contributed by atoms with E-state index in [0.717, 1.165) is 39.3 Å². The van der Waals surface area contributed by atoms with E-state index in [9.17, 15) is 8.42 Å². The molecule has 6 nitrogen and oxygen atoms in total. The van der Waals surface area contributed by atoms with Crippen LogP contribution < -0.4 is 4.72 Å². The van der Waals surface area contributed by atoms with Crippen LogP contribution in [0.2, 0.25) is 0 Å². The number of piperidine rings is 1. The Morgan fingerprint density at radius 2 is 1.84 bits per heavy atom. The van der Waals surface area contributed by atoms with E-state index in [1.165, 1.54) is 37.5 Å². The van der Waals surface area contributed by atoms with E-state index >= 15 is 0 Å². The molecule has 0 aromatic heterocycles. The Morgan fingerprint density at radius 1 is 1.13 bits per heavy atom. The Balaban J connectivity index is 1.31. The van der Waals surface area contributed by atoms with Crippen molar-refractivity contribution in [3.8, 4) is 0 Å². The van der Waals surface area contributed by atoms with E-state index in [2.05, 4.69) is 46.9 Å². The van der Waals surface area contributed by atoms with Crippen molar-refractivity contribution >= 4 is 10.0 Å². The van der Waals surface area contributed by atoms with E-state index in [-0.39, 0.29) is 12.1 Å². The topological polar surface area (TPSA) is 67.9 Å². The van der Waals surface area contributed by atoms with Crippen molar-refractivity contribution in [1.29, 1.82) is 0 Å². The number of hydrogen-bond acceptors (Lipinski definition) is 5. The molecule has 0 unspecified atom stereocenters. The molecule has 7 heteroatoms. The van der Waals surface area contributed by atoms with Crippen molar-refractivity contribution in [2.24, 2.45) is 11.8 Å². The molecule has 2 saturated heterocycles. The molecule has 1 saturated carbocycles. The number of nitrogens with one attached hydrogen (secondary N) is 1. The van der Waals surface area contributed by atoms with Gasteiger partial charge in [0, 0.05) is 31.7 Å². The summed E-state index contributed by atoms with van der Waals surface area (Å²) in [6.07, 6.45) is 6.70. The molecule has 3 atom stereocenters. The maximum Gasteiger partial charge on any atom is 0.209 e. The maximum absolute atomic E-state index is 11.9. The molecule has 0 spiro atoms. The molecule has 1 aromatic rings. The van der Waals surface area contributed by atoms with E-state index in [1.807, 2.05) is 0 Å². The first-order valence-corrected chi connectivity index (χ1v) is 13.7. The van der Waals surface area contributed by atoms with Crippen LogP contribution in [0, 0.1) is 11.8 Å². The van der Waals surface area contributed by atoms with Gasteiger partial charge in [0.05, 0.1) is 31.6 Å². The highest BCUT2D eigenvalue weighted by atomic mass is 32.2. The molecule has 2 heterocycles. The zero-order chi connectivity index (χ0) is 21.8. The summed E-state index contributed by atoms with van der Waals surface area (Å²) in [5.41, 5.74) is 1.45. The van der Waals surface area contributed by atoms with Gasteiger partial charge in [-0.15, -0.1) is 0 Å². The second-order valence-electron chi connectivity index (χ2n) is 9.82. The standard InChI is InChI=1S/C24H38N2O4S/c1-18(22-16-29-17-22)26-13-12-23(25-31(2,27)28)24(14-26)30-15-19-8-10-21(11-9-19)20-6-4-3-5-7-20/h3-7,18-19,21-25H,8-17H2,1-2H3/t18-,19?,21?,23+,24-/m0/s1. The third-order valence-electron chi connectivity index (χ3n) is 7.54. The minimum Gasteiger partial charge on any atom is -0.381 e. The van der Waals surface area contributed by atoms with Gasteiger partial charge in [0.2, 0.25) is 10.0 Å². The van der Waals surface area contributed by atoms with E-state index in [0.29, 0.717) is 23.8 Å². The van der Waals surface area contributed by atoms with E-state index in [4.69, 9.17) is 9.47 Å². The highest BCUT2D eigenvalue weighted by Crippen LogP contribution is 2.36. The Kier molecular flexibility index (Phi) is 7.70. The fourth-order valence-electron chi connectivity index (χ4n) is 5.37. The smallest absolute Gasteiger partial charge is 0.209 e. The van der Waals surface area contributed by atoms with Crippen LogP contribution in [-0.2, 0) is 19.5 Å². The molecule has 31 heavy (non-hydrogen) atoms. The Labute approximate surface area is 187 Å². The summed E-state index contributed by atoms with van der Waals surface area (Å²) in [7, 11) is -3.25. The van der Waals surface area contributed by atoms with Crippen LogP contribution in [0.25, 0.3) is 0 Å². The van der Waals surface area contributed by atoms with Gasteiger partial charge in [-0.25, -0.2) is 13.1 Å². The fraction of sp³-hybridized carbons (Fsp3) is 0.750. The molecule has 4 rings (SSSR count). The summed E-state index contributed by atoms with van der Waals surface area (Å²) < 4.78 is 38.5. The highest BCUT2D eigenvalue weighted by molar-refractivity contribution is 7.88. The van der Waals surface area contributed by atoms with Crippen LogP contribution in [0.3, 0.4) is 0 Å². The first kappa shape index (κ1) is 23.2. The van der Waals surface area contributed by atoms with Gasteiger partial charge in [-0.3, -0.25) is 4.90 Å². The van der Waals surface area contributed by atoms with Gasteiger partial charge in [0.15, 0.2) is 0 Å². The lowest BCUT2D eigenvalue weighted by Crippen LogP contribution is -2.59. The second-order valence-corrected chi connectivity index (χ2v) is 11.6. The molecule has 0 bridgehead atoms. The van der Waals surface area contributed by atoms with Gasteiger partial charge >= 0.3 is 0 Å².